The van der Waals surface area contributed by atoms with Crippen LogP contribution in [0.2, 0.25) is 0 Å². The molecule has 0 spiro atoms. The van der Waals surface area contributed by atoms with Gasteiger partial charge in [0.1, 0.15) is 11.6 Å². The van der Waals surface area contributed by atoms with Crippen molar-refractivity contribution in [1.29, 1.82) is 0 Å². The van der Waals surface area contributed by atoms with Gasteiger partial charge in [-0.3, -0.25) is 4.79 Å². The first-order chi connectivity index (χ1) is 9.63. The zero-order chi connectivity index (χ0) is 14.5. The minimum absolute atomic E-state index is 0.106. The second kappa shape index (κ2) is 6.01. The van der Waals surface area contributed by atoms with Crippen LogP contribution in [0.4, 0.5) is 15.9 Å². The number of carbonyl (C=O) groups is 1. The summed E-state index contributed by atoms with van der Waals surface area (Å²) in [6.45, 7) is 0. The Morgan fingerprint density at radius 1 is 1.35 bits per heavy atom. The van der Waals surface area contributed by atoms with Crippen LogP contribution in [0.15, 0.2) is 36.5 Å². The molecule has 0 fully saturated rings. The quantitative estimate of drug-likeness (QED) is 0.852. The molecule has 0 saturated heterocycles. The number of nitrogens with zero attached hydrogens (tertiary/aromatic N) is 2. The van der Waals surface area contributed by atoms with E-state index in [4.69, 9.17) is 4.74 Å². The fourth-order valence-corrected chi connectivity index (χ4v) is 1.58. The number of nitrogens with one attached hydrogen (secondary N) is 1. The molecule has 1 amide bonds. The summed E-state index contributed by atoms with van der Waals surface area (Å²) in [5.74, 6) is 0.457. The molecule has 0 radical (unpaired) electrons. The van der Waals surface area contributed by atoms with Crippen molar-refractivity contribution < 1.29 is 13.9 Å². The molecular weight excluding hydrogens is 261 g/mol. The number of halogens is 1. The fourth-order valence-electron chi connectivity index (χ4n) is 1.58. The van der Waals surface area contributed by atoms with Crippen molar-refractivity contribution >= 4 is 17.9 Å². The van der Waals surface area contributed by atoms with Crippen LogP contribution in [0.3, 0.4) is 0 Å². The Bertz CT molecular complexity index is 619. The zero-order valence-corrected chi connectivity index (χ0v) is 11.1. The molecular formula is C14H14FN3O2. The standard InChI is InChI=1S/C14H14FN3O2/c1-16-10-3-4-13(12(15)7-10)20-11-5-6-17-14(8-11)18(2)9-19/h3-9,16H,1-2H3. The average molecular weight is 275 g/mol. The van der Waals surface area contributed by atoms with Gasteiger partial charge >= 0.3 is 0 Å². The molecule has 0 aliphatic rings. The highest BCUT2D eigenvalue weighted by Gasteiger charge is 2.08. The number of hydrogen-bond donors (Lipinski definition) is 1. The second-order valence-electron chi connectivity index (χ2n) is 4.06. The number of aromatic nitrogens is 1. The largest absolute Gasteiger partial charge is 0.454 e. The lowest BCUT2D eigenvalue weighted by Gasteiger charge is -2.12. The number of hydrogen-bond acceptors (Lipinski definition) is 4. The molecule has 1 aromatic carbocycles. The molecule has 1 heterocycles. The number of carbonyl (C=O) groups excluding carboxylic acids is 1. The van der Waals surface area contributed by atoms with Crippen molar-refractivity contribution in [3.63, 3.8) is 0 Å². The molecule has 0 aliphatic heterocycles. The first kappa shape index (κ1) is 13.8. The highest BCUT2D eigenvalue weighted by molar-refractivity contribution is 5.72. The van der Waals surface area contributed by atoms with Gasteiger partial charge in [0.25, 0.3) is 0 Å². The SMILES string of the molecule is CNc1ccc(Oc2ccnc(N(C)C=O)c2)c(F)c1. The lowest BCUT2D eigenvalue weighted by Crippen LogP contribution is -2.14. The van der Waals surface area contributed by atoms with Gasteiger partial charge in [0.15, 0.2) is 11.6 Å². The molecule has 2 rings (SSSR count). The van der Waals surface area contributed by atoms with Gasteiger partial charge in [-0.1, -0.05) is 0 Å². The van der Waals surface area contributed by atoms with E-state index in [2.05, 4.69) is 10.3 Å². The fraction of sp³-hybridized carbons (Fsp3) is 0.143. The highest BCUT2D eigenvalue weighted by atomic mass is 19.1. The van der Waals surface area contributed by atoms with Crippen LogP contribution < -0.4 is 15.0 Å². The lowest BCUT2D eigenvalue weighted by molar-refractivity contribution is -0.107. The topological polar surface area (TPSA) is 54.5 Å². The Balaban J connectivity index is 2.23. The van der Waals surface area contributed by atoms with Crippen LogP contribution in [-0.2, 0) is 4.79 Å². The Kier molecular flexibility index (Phi) is 4.14. The van der Waals surface area contributed by atoms with Crippen LogP contribution >= 0.6 is 0 Å². The summed E-state index contributed by atoms with van der Waals surface area (Å²) >= 11 is 0. The monoisotopic (exact) mass is 275 g/mol. The number of rotatable bonds is 5. The van der Waals surface area contributed by atoms with E-state index in [0.717, 1.165) is 0 Å². The lowest BCUT2D eigenvalue weighted by atomic mass is 10.3. The number of anilines is 2. The predicted octanol–water partition coefficient (Wildman–Crippen LogP) is 2.65. The number of amides is 1. The van der Waals surface area contributed by atoms with Crippen molar-refractivity contribution in [2.24, 2.45) is 0 Å². The van der Waals surface area contributed by atoms with Crippen LogP contribution in [-0.4, -0.2) is 25.5 Å². The molecule has 0 saturated carbocycles. The van der Waals surface area contributed by atoms with Gasteiger partial charge in [-0.05, 0) is 18.2 Å². The molecule has 2 aromatic rings. The third-order valence-electron chi connectivity index (χ3n) is 2.68. The molecule has 1 aromatic heterocycles. The van der Waals surface area contributed by atoms with Crippen molar-refractivity contribution in [3.05, 3.63) is 42.3 Å². The van der Waals surface area contributed by atoms with Gasteiger partial charge in [-0.15, -0.1) is 0 Å². The molecule has 0 bridgehead atoms. The third kappa shape index (κ3) is 3.03. The van der Waals surface area contributed by atoms with Gasteiger partial charge in [0, 0.05) is 38.1 Å². The van der Waals surface area contributed by atoms with Crippen LogP contribution in [0.5, 0.6) is 11.5 Å². The van der Waals surface area contributed by atoms with E-state index in [1.165, 1.54) is 23.2 Å². The summed E-state index contributed by atoms with van der Waals surface area (Å²) < 4.78 is 19.3. The summed E-state index contributed by atoms with van der Waals surface area (Å²) in [6, 6.07) is 7.73. The summed E-state index contributed by atoms with van der Waals surface area (Å²) in [6.07, 6.45) is 2.12. The Morgan fingerprint density at radius 3 is 2.80 bits per heavy atom. The molecule has 104 valence electrons. The first-order valence-electron chi connectivity index (χ1n) is 5.93. The van der Waals surface area contributed by atoms with Gasteiger partial charge in [-0.2, -0.15) is 0 Å². The van der Waals surface area contributed by atoms with E-state index in [9.17, 15) is 9.18 Å². The summed E-state index contributed by atoms with van der Waals surface area (Å²) in [5.41, 5.74) is 0.658. The maximum atomic E-state index is 13.8. The smallest absolute Gasteiger partial charge is 0.215 e. The third-order valence-corrected chi connectivity index (χ3v) is 2.68. The average Bonchev–Trinajstić information content (AvgIpc) is 2.48. The molecule has 1 N–H and O–H groups in total. The van der Waals surface area contributed by atoms with Crippen LogP contribution in [0.25, 0.3) is 0 Å². The normalized spacial score (nSPS) is 9.95. The summed E-state index contributed by atoms with van der Waals surface area (Å²) in [5, 5.41) is 2.84. The van der Waals surface area contributed by atoms with E-state index < -0.39 is 5.82 Å². The molecule has 0 unspecified atom stereocenters. The Hall–Kier alpha value is -2.63. The van der Waals surface area contributed by atoms with E-state index in [-0.39, 0.29) is 5.75 Å². The molecule has 6 heteroatoms. The number of pyridine rings is 1. The van der Waals surface area contributed by atoms with E-state index in [1.807, 2.05) is 0 Å². The summed E-state index contributed by atoms with van der Waals surface area (Å²) in [4.78, 5) is 16.0. The number of benzene rings is 1. The van der Waals surface area contributed by atoms with Crippen LogP contribution in [0, 0.1) is 5.82 Å². The van der Waals surface area contributed by atoms with Gasteiger partial charge in [0.2, 0.25) is 6.41 Å². The highest BCUT2D eigenvalue weighted by Crippen LogP contribution is 2.27. The molecule has 20 heavy (non-hydrogen) atoms. The Labute approximate surface area is 116 Å². The zero-order valence-electron chi connectivity index (χ0n) is 11.1. The first-order valence-corrected chi connectivity index (χ1v) is 5.93. The van der Waals surface area contributed by atoms with Gasteiger partial charge in [-0.25, -0.2) is 9.37 Å². The second-order valence-corrected chi connectivity index (χ2v) is 4.06. The summed E-state index contributed by atoms with van der Waals surface area (Å²) in [7, 11) is 3.28. The van der Waals surface area contributed by atoms with Gasteiger partial charge < -0.3 is 15.0 Å². The van der Waals surface area contributed by atoms with Crippen molar-refractivity contribution in [2.75, 3.05) is 24.3 Å². The molecule has 0 atom stereocenters. The molecule has 5 nitrogen and oxygen atoms in total. The Morgan fingerprint density at radius 2 is 2.15 bits per heavy atom. The number of ether oxygens (including phenoxy) is 1. The maximum Gasteiger partial charge on any atom is 0.215 e. The molecule has 0 aliphatic carbocycles. The van der Waals surface area contributed by atoms with Crippen LogP contribution in [0.1, 0.15) is 0 Å². The minimum atomic E-state index is -0.473. The van der Waals surface area contributed by atoms with E-state index in [0.29, 0.717) is 23.7 Å². The van der Waals surface area contributed by atoms with Crippen molar-refractivity contribution in [2.45, 2.75) is 0 Å². The maximum absolute atomic E-state index is 13.8. The van der Waals surface area contributed by atoms with E-state index >= 15 is 0 Å². The van der Waals surface area contributed by atoms with Crippen molar-refractivity contribution in [3.8, 4) is 11.5 Å². The van der Waals surface area contributed by atoms with Gasteiger partial charge in [0.05, 0.1) is 0 Å². The predicted molar refractivity (Wildman–Crippen MR) is 74.7 cm³/mol. The minimum Gasteiger partial charge on any atom is -0.454 e. The van der Waals surface area contributed by atoms with Crippen molar-refractivity contribution in [1.82, 2.24) is 4.98 Å². The van der Waals surface area contributed by atoms with E-state index in [1.54, 1.807) is 32.3 Å².